The van der Waals surface area contributed by atoms with Crippen LogP contribution < -0.4 is 15.4 Å². The van der Waals surface area contributed by atoms with Gasteiger partial charge in [0.25, 0.3) is 0 Å². The average Bonchev–Trinajstić information content (AvgIpc) is 3.57. The number of fused-ring (bicyclic) bond motifs is 2. The van der Waals surface area contributed by atoms with Crippen LogP contribution in [0.3, 0.4) is 0 Å². The minimum absolute atomic E-state index is 0.0979. The van der Waals surface area contributed by atoms with Gasteiger partial charge in [-0.1, -0.05) is 18.2 Å². The van der Waals surface area contributed by atoms with Crippen molar-refractivity contribution >= 4 is 22.5 Å². The standard InChI is InChI=1S/C27H24F2N8O2/c1-38-8-9-39-16-10-20(28)19(21(29)11-16)14-37-23-5-3-2-4-17(23)25(36-37)27-33-22-13-31-12-18(22)26(35-27)34-24-6-7-30-15-32-24/h2-7,10-11,15,31H,8-9,12-14H2,1H3,(H,30,32,33,34,35). The molecule has 3 aromatic heterocycles. The molecule has 0 unspecified atom stereocenters. The van der Waals surface area contributed by atoms with Crippen molar-refractivity contribution in [1.82, 2.24) is 35.0 Å². The highest BCUT2D eigenvalue weighted by Crippen LogP contribution is 2.32. The van der Waals surface area contributed by atoms with E-state index >= 15 is 8.78 Å². The molecule has 0 aliphatic carbocycles. The lowest BCUT2D eigenvalue weighted by atomic mass is 10.1. The fraction of sp³-hybridized carbons (Fsp3) is 0.222. The van der Waals surface area contributed by atoms with Gasteiger partial charge in [0.15, 0.2) is 5.82 Å². The Bertz CT molecular complexity index is 1620. The summed E-state index contributed by atoms with van der Waals surface area (Å²) in [5, 5.41) is 12.0. The number of hydrogen-bond acceptors (Lipinski definition) is 9. The number of aromatic nitrogens is 6. The van der Waals surface area contributed by atoms with Gasteiger partial charge < -0.3 is 20.1 Å². The van der Waals surface area contributed by atoms with Crippen LogP contribution in [0.25, 0.3) is 22.4 Å². The minimum atomic E-state index is -0.722. The molecular weight excluding hydrogens is 506 g/mol. The largest absolute Gasteiger partial charge is 0.491 e. The summed E-state index contributed by atoms with van der Waals surface area (Å²) < 4.78 is 41.9. The molecule has 2 aromatic carbocycles. The molecule has 4 heterocycles. The van der Waals surface area contributed by atoms with E-state index in [1.54, 1.807) is 16.9 Å². The quantitative estimate of drug-likeness (QED) is 0.273. The molecule has 0 radical (unpaired) electrons. The number of nitrogens with one attached hydrogen (secondary N) is 2. The zero-order valence-electron chi connectivity index (χ0n) is 21.0. The van der Waals surface area contributed by atoms with Crippen LogP contribution in [0, 0.1) is 11.6 Å². The summed E-state index contributed by atoms with van der Waals surface area (Å²) >= 11 is 0. The monoisotopic (exact) mass is 530 g/mol. The third-order valence-electron chi connectivity index (χ3n) is 6.36. The lowest BCUT2D eigenvalue weighted by molar-refractivity contribution is 0.146. The molecule has 2 N–H and O–H groups in total. The molecule has 5 aromatic rings. The lowest BCUT2D eigenvalue weighted by Crippen LogP contribution is -2.09. The number of hydrogen-bond donors (Lipinski definition) is 2. The fourth-order valence-electron chi connectivity index (χ4n) is 4.48. The van der Waals surface area contributed by atoms with Gasteiger partial charge in [0.2, 0.25) is 0 Å². The molecule has 6 rings (SSSR count). The maximum atomic E-state index is 15.0. The van der Waals surface area contributed by atoms with Gasteiger partial charge in [-0.25, -0.2) is 28.7 Å². The molecular formula is C27H24F2N8O2. The van der Waals surface area contributed by atoms with Gasteiger partial charge >= 0.3 is 0 Å². The van der Waals surface area contributed by atoms with Crippen LogP contribution in [-0.2, 0) is 24.4 Å². The fourth-order valence-corrected chi connectivity index (χ4v) is 4.48. The Hall–Kier alpha value is -4.55. The van der Waals surface area contributed by atoms with Gasteiger partial charge in [-0.05, 0) is 12.1 Å². The van der Waals surface area contributed by atoms with Crippen molar-refractivity contribution in [2.24, 2.45) is 0 Å². The highest BCUT2D eigenvalue weighted by molar-refractivity contribution is 5.92. The number of benzene rings is 2. The van der Waals surface area contributed by atoms with E-state index < -0.39 is 11.6 Å². The molecule has 12 heteroatoms. The van der Waals surface area contributed by atoms with Crippen LogP contribution in [0.1, 0.15) is 16.8 Å². The number of methoxy groups -OCH3 is 1. The minimum Gasteiger partial charge on any atom is -0.491 e. The lowest BCUT2D eigenvalue weighted by Gasteiger charge is -2.11. The first-order chi connectivity index (χ1) is 19.1. The van der Waals surface area contributed by atoms with Crippen LogP contribution in [0.5, 0.6) is 5.75 Å². The summed E-state index contributed by atoms with van der Waals surface area (Å²) in [6.07, 6.45) is 3.09. The van der Waals surface area contributed by atoms with Crippen LogP contribution in [0.4, 0.5) is 20.4 Å². The normalized spacial score (nSPS) is 12.6. The van der Waals surface area contributed by atoms with Crippen molar-refractivity contribution in [1.29, 1.82) is 0 Å². The van der Waals surface area contributed by atoms with Gasteiger partial charge in [-0.2, -0.15) is 5.10 Å². The van der Waals surface area contributed by atoms with Gasteiger partial charge in [-0.15, -0.1) is 0 Å². The van der Waals surface area contributed by atoms with E-state index in [1.807, 2.05) is 24.3 Å². The van der Waals surface area contributed by atoms with Crippen molar-refractivity contribution in [3.05, 3.63) is 83.4 Å². The first-order valence-electron chi connectivity index (χ1n) is 12.3. The summed E-state index contributed by atoms with van der Waals surface area (Å²) in [6, 6.07) is 11.5. The maximum Gasteiger partial charge on any atom is 0.183 e. The molecule has 0 spiro atoms. The van der Waals surface area contributed by atoms with Crippen LogP contribution >= 0.6 is 0 Å². The molecule has 1 aliphatic heterocycles. The molecule has 198 valence electrons. The molecule has 1 aliphatic rings. The molecule has 39 heavy (non-hydrogen) atoms. The Kier molecular flexibility index (Phi) is 6.78. The molecule has 0 amide bonds. The Morgan fingerprint density at radius 3 is 2.69 bits per heavy atom. The van der Waals surface area contributed by atoms with E-state index in [1.165, 1.54) is 25.6 Å². The number of anilines is 2. The number of ether oxygens (including phenoxy) is 2. The molecule has 10 nitrogen and oxygen atoms in total. The molecule has 0 saturated heterocycles. The van der Waals surface area contributed by atoms with Crippen molar-refractivity contribution in [3.8, 4) is 17.3 Å². The molecule has 0 fully saturated rings. The highest BCUT2D eigenvalue weighted by Gasteiger charge is 2.23. The van der Waals surface area contributed by atoms with Crippen LogP contribution in [0.15, 0.2) is 55.0 Å². The predicted octanol–water partition coefficient (Wildman–Crippen LogP) is 3.98. The summed E-state index contributed by atoms with van der Waals surface area (Å²) in [7, 11) is 1.52. The smallest absolute Gasteiger partial charge is 0.183 e. The second-order valence-corrected chi connectivity index (χ2v) is 8.87. The summed E-state index contributed by atoms with van der Waals surface area (Å²) in [6.45, 7) is 1.56. The van der Waals surface area contributed by atoms with E-state index in [4.69, 9.17) is 24.5 Å². The Labute approximate surface area is 222 Å². The predicted molar refractivity (Wildman–Crippen MR) is 139 cm³/mol. The van der Waals surface area contributed by atoms with Gasteiger partial charge in [0.05, 0.1) is 24.4 Å². The Balaban J connectivity index is 1.38. The highest BCUT2D eigenvalue weighted by atomic mass is 19.1. The Morgan fingerprint density at radius 1 is 1.05 bits per heavy atom. The van der Waals surface area contributed by atoms with E-state index in [2.05, 4.69) is 20.6 Å². The van der Waals surface area contributed by atoms with Crippen molar-refractivity contribution in [3.63, 3.8) is 0 Å². The Morgan fingerprint density at radius 2 is 1.90 bits per heavy atom. The van der Waals surface area contributed by atoms with Crippen molar-refractivity contribution < 1.29 is 18.3 Å². The van der Waals surface area contributed by atoms with E-state index in [0.717, 1.165) is 16.6 Å². The number of nitrogens with zero attached hydrogens (tertiary/aromatic N) is 6. The topological polar surface area (TPSA) is 112 Å². The van der Waals surface area contributed by atoms with E-state index in [9.17, 15) is 0 Å². The molecule has 0 bridgehead atoms. The number of halogens is 2. The molecule has 0 atom stereocenters. The average molecular weight is 531 g/mol. The number of rotatable bonds is 9. The molecule has 0 saturated carbocycles. The zero-order valence-corrected chi connectivity index (χ0v) is 21.0. The number of para-hydroxylation sites is 1. The summed E-state index contributed by atoms with van der Waals surface area (Å²) in [5.41, 5.74) is 2.86. The first-order valence-corrected chi connectivity index (χ1v) is 12.3. The third-order valence-corrected chi connectivity index (χ3v) is 6.36. The summed E-state index contributed by atoms with van der Waals surface area (Å²) in [5.74, 6) is 0.255. The van der Waals surface area contributed by atoms with Crippen LogP contribution in [0.2, 0.25) is 0 Å². The van der Waals surface area contributed by atoms with Gasteiger partial charge in [0.1, 0.15) is 47.6 Å². The van der Waals surface area contributed by atoms with E-state index in [0.29, 0.717) is 48.4 Å². The SMILES string of the molecule is COCCOc1cc(F)c(Cn2nc(-c3nc4c(c(Nc5ccncn5)n3)CNC4)c3ccccc32)c(F)c1. The zero-order chi connectivity index (χ0) is 26.8. The maximum absolute atomic E-state index is 15.0. The second kappa shape index (κ2) is 10.7. The van der Waals surface area contributed by atoms with Gasteiger partial charge in [0, 0.05) is 55.0 Å². The van der Waals surface area contributed by atoms with Crippen molar-refractivity contribution in [2.45, 2.75) is 19.6 Å². The van der Waals surface area contributed by atoms with Crippen LogP contribution in [-0.4, -0.2) is 50.0 Å². The first kappa shape index (κ1) is 24.8. The van der Waals surface area contributed by atoms with Crippen molar-refractivity contribution in [2.75, 3.05) is 25.6 Å². The summed E-state index contributed by atoms with van der Waals surface area (Å²) in [4.78, 5) is 17.8. The second-order valence-electron chi connectivity index (χ2n) is 8.87. The van der Waals surface area contributed by atoms with E-state index in [-0.39, 0.29) is 24.5 Å². The third kappa shape index (κ3) is 4.99. The van der Waals surface area contributed by atoms with Gasteiger partial charge in [-0.3, -0.25) is 4.68 Å².